The molecule has 1 fully saturated rings. The highest BCUT2D eigenvalue weighted by Crippen LogP contribution is 2.14. The molecule has 1 N–H and O–H groups in total. The molecule has 20 heavy (non-hydrogen) atoms. The van der Waals surface area contributed by atoms with Crippen molar-refractivity contribution in [2.75, 3.05) is 13.1 Å². The van der Waals surface area contributed by atoms with Gasteiger partial charge in [0.25, 0.3) is 0 Å². The molecule has 0 aliphatic carbocycles. The van der Waals surface area contributed by atoms with E-state index in [-0.39, 0.29) is 0 Å². The van der Waals surface area contributed by atoms with Crippen LogP contribution >= 0.6 is 0 Å². The zero-order chi connectivity index (χ0) is 14.5. The summed E-state index contributed by atoms with van der Waals surface area (Å²) in [6, 6.07) is 9.51. The standard InChI is InChI=1S/C17H28N2O/c1-13(2)18-9-16-5-7-17(8-6-16)12-19-10-14(3)20-15(4)11-19/h5-8,13-15,18H,9-12H2,1-4H3/t14-,15+. The second kappa shape index (κ2) is 7.21. The molecule has 3 heteroatoms. The Morgan fingerprint density at radius 1 is 1.10 bits per heavy atom. The van der Waals surface area contributed by atoms with Gasteiger partial charge in [-0.15, -0.1) is 0 Å². The summed E-state index contributed by atoms with van der Waals surface area (Å²) in [7, 11) is 0. The number of nitrogens with zero attached hydrogens (tertiary/aromatic N) is 1. The average molecular weight is 276 g/mol. The van der Waals surface area contributed by atoms with Crippen LogP contribution in [-0.4, -0.2) is 36.2 Å². The van der Waals surface area contributed by atoms with Crippen molar-refractivity contribution in [3.63, 3.8) is 0 Å². The molecule has 1 aromatic carbocycles. The molecule has 3 nitrogen and oxygen atoms in total. The fraction of sp³-hybridized carbons (Fsp3) is 0.647. The highest BCUT2D eigenvalue weighted by molar-refractivity contribution is 5.22. The molecule has 0 aromatic heterocycles. The van der Waals surface area contributed by atoms with Crippen LogP contribution in [0, 0.1) is 0 Å². The monoisotopic (exact) mass is 276 g/mol. The minimum Gasteiger partial charge on any atom is -0.373 e. The summed E-state index contributed by atoms with van der Waals surface area (Å²) in [6.45, 7) is 12.7. The maximum atomic E-state index is 5.78. The molecule has 2 rings (SSSR count). The maximum absolute atomic E-state index is 5.78. The topological polar surface area (TPSA) is 24.5 Å². The Labute approximate surface area is 123 Å². The van der Waals surface area contributed by atoms with Gasteiger partial charge < -0.3 is 10.1 Å². The summed E-state index contributed by atoms with van der Waals surface area (Å²) < 4.78 is 5.78. The quantitative estimate of drug-likeness (QED) is 0.895. The third kappa shape index (κ3) is 4.89. The minimum atomic E-state index is 0.341. The van der Waals surface area contributed by atoms with Crippen LogP contribution in [0.1, 0.15) is 38.8 Å². The fourth-order valence-corrected chi connectivity index (χ4v) is 2.76. The maximum Gasteiger partial charge on any atom is 0.0678 e. The zero-order valence-electron chi connectivity index (χ0n) is 13.2. The van der Waals surface area contributed by atoms with E-state index in [1.807, 2.05) is 0 Å². The molecule has 0 amide bonds. The van der Waals surface area contributed by atoms with Gasteiger partial charge in [-0.2, -0.15) is 0 Å². The Kier molecular flexibility index (Phi) is 5.58. The summed E-state index contributed by atoms with van der Waals surface area (Å²) in [4.78, 5) is 2.49. The summed E-state index contributed by atoms with van der Waals surface area (Å²) in [5, 5.41) is 3.45. The number of ether oxygens (including phenoxy) is 1. The number of hydrogen-bond donors (Lipinski definition) is 1. The van der Waals surface area contributed by atoms with Gasteiger partial charge in [-0.3, -0.25) is 4.90 Å². The van der Waals surface area contributed by atoms with Gasteiger partial charge in [-0.05, 0) is 25.0 Å². The molecule has 1 aromatic rings. The summed E-state index contributed by atoms with van der Waals surface area (Å²) in [5.74, 6) is 0. The average Bonchev–Trinajstić information content (AvgIpc) is 2.36. The van der Waals surface area contributed by atoms with Gasteiger partial charge in [0.1, 0.15) is 0 Å². The van der Waals surface area contributed by atoms with Crippen LogP contribution in [0.25, 0.3) is 0 Å². The molecule has 2 atom stereocenters. The molecule has 1 aliphatic heterocycles. The summed E-state index contributed by atoms with van der Waals surface area (Å²) in [5.41, 5.74) is 2.74. The van der Waals surface area contributed by atoms with Gasteiger partial charge in [0.15, 0.2) is 0 Å². The van der Waals surface area contributed by atoms with Gasteiger partial charge in [-0.1, -0.05) is 38.1 Å². The molecule has 0 unspecified atom stereocenters. The van der Waals surface area contributed by atoms with Crippen molar-refractivity contribution in [3.05, 3.63) is 35.4 Å². The van der Waals surface area contributed by atoms with E-state index >= 15 is 0 Å². The van der Waals surface area contributed by atoms with Crippen LogP contribution in [0.15, 0.2) is 24.3 Å². The van der Waals surface area contributed by atoms with E-state index in [2.05, 4.69) is 62.2 Å². The molecule has 0 saturated carbocycles. The van der Waals surface area contributed by atoms with E-state index in [4.69, 9.17) is 4.74 Å². The van der Waals surface area contributed by atoms with Gasteiger partial charge in [0.2, 0.25) is 0 Å². The van der Waals surface area contributed by atoms with Gasteiger partial charge in [0, 0.05) is 32.2 Å². The first kappa shape index (κ1) is 15.5. The second-order valence-corrected chi connectivity index (χ2v) is 6.30. The summed E-state index contributed by atoms with van der Waals surface area (Å²) >= 11 is 0. The highest BCUT2D eigenvalue weighted by atomic mass is 16.5. The van der Waals surface area contributed by atoms with Crippen molar-refractivity contribution in [1.29, 1.82) is 0 Å². The van der Waals surface area contributed by atoms with E-state index in [0.717, 1.165) is 26.2 Å². The Balaban J connectivity index is 1.87. The smallest absolute Gasteiger partial charge is 0.0678 e. The van der Waals surface area contributed by atoms with Crippen LogP contribution in [0.2, 0.25) is 0 Å². The fourth-order valence-electron chi connectivity index (χ4n) is 2.76. The van der Waals surface area contributed by atoms with Crippen LogP contribution in [0.3, 0.4) is 0 Å². The number of hydrogen-bond acceptors (Lipinski definition) is 3. The van der Waals surface area contributed by atoms with Crippen molar-refractivity contribution < 1.29 is 4.74 Å². The Bertz CT molecular complexity index is 392. The lowest BCUT2D eigenvalue weighted by Gasteiger charge is -2.35. The highest BCUT2D eigenvalue weighted by Gasteiger charge is 2.21. The first-order chi connectivity index (χ1) is 9.52. The first-order valence-electron chi connectivity index (χ1n) is 7.72. The van der Waals surface area contributed by atoms with Crippen LogP contribution in [0.4, 0.5) is 0 Å². The van der Waals surface area contributed by atoms with Crippen LogP contribution in [-0.2, 0) is 17.8 Å². The van der Waals surface area contributed by atoms with E-state index in [9.17, 15) is 0 Å². The molecule has 0 bridgehead atoms. The van der Waals surface area contributed by atoms with Crippen molar-refractivity contribution >= 4 is 0 Å². The van der Waals surface area contributed by atoms with Crippen molar-refractivity contribution in [2.24, 2.45) is 0 Å². The summed E-state index contributed by atoms with van der Waals surface area (Å²) in [6.07, 6.45) is 0.682. The van der Waals surface area contributed by atoms with E-state index < -0.39 is 0 Å². The SMILES string of the molecule is CC(C)NCc1ccc(CN2C[C@@H](C)O[C@@H](C)C2)cc1. The van der Waals surface area contributed by atoms with Gasteiger partial charge in [-0.25, -0.2) is 0 Å². The Hall–Kier alpha value is -0.900. The molecule has 0 spiro atoms. The van der Waals surface area contributed by atoms with Crippen LogP contribution < -0.4 is 5.32 Å². The molecular formula is C17H28N2O. The van der Waals surface area contributed by atoms with Crippen molar-refractivity contribution in [2.45, 2.75) is 59.0 Å². The predicted molar refractivity (Wildman–Crippen MR) is 83.7 cm³/mol. The normalized spacial score (nSPS) is 24.2. The Morgan fingerprint density at radius 3 is 2.20 bits per heavy atom. The second-order valence-electron chi connectivity index (χ2n) is 6.30. The molecule has 1 heterocycles. The molecule has 112 valence electrons. The van der Waals surface area contributed by atoms with E-state index in [0.29, 0.717) is 18.2 Å². The molecule has 1 aliphatic rings. The third-order valence-electron chi connectivity index (χ3n) is 3.64. The lowest BCUT2D eigenvalue weighted by molar-refractivity contribution is -0.0704. The van der Waals surface area contributed by atoms with Gasteiger partial charge in [0.05, 0.1) is 12.2 Å². The number of benzene rings is 1. The van der Waals surface area contributed by atoms with Crippen molar-refractivity contribution in [1.82, 2.24) is 10.2 Å². The molecular weight excluding hydrogens is 248 g/mol. The first-order valence-corrected chi connectivity index (χ1v) is 7.72. The van der Waals surface area contributed by atoms with E-state index in [1.165, 1.54) is 11.1 Å². The minimum absolute atomic E-state index is 0.341. The van der Waals surface area contributed by atoms with Crippen molar-refractivity contribution in [3.8, 4) is 0 Å². The number of nitrogens with one attached hydrogen (secondary N) is 1. The molecule has 1 saturated heterocycles. The number of rotatable bonds is 5. The predicted octanol–water partition coefficient (Wildman–Crippen LogP) is 2.79. The van der Waals surface area contributed by atoms with Crippen LogP contribution in [0.5, 0.6) is 0 Å². The number of morpholine rings is 1. The van der Waals surface area contributed by atoms with Gasteiger partial charge >= 0.3 is 0 Å². The lowest BCUT2D eigenvalue weighted by Crippen LogP contribution is -2.44. The molecule has 0 radical (unpaired) electrons. The Morgan fingerprint density at radius 2 is 1.65 bits per heavy atom. The van der Waals surface area contributed by atoms with E-state index in [1.54, 1.807) is 0 Å². The third-order valence-corrected chi connectivity index (χ3v) is 3.64. The lowest BCUT2D eigenvalue weighted by atomic mass is 10.1. The largest absolute Gasteiger partial charge is 0.373 e. The zero-order valence-corrected chi connectivity index (χ0v) is 13.2.